The van der Waals surface area contributed by atoms with Gasteiger partial charge in [-0.15, -0.1) is 0 Å². The lowest BCUT2D eigenvalue weighted by Gasteiger charge is -2.36. The van der Waals surface area contributed by atoms with E-state index in [1.165, 1.54) is 23.2 Å². The average Bonchev–Trinajstić information content (AvgIpc) is 2.77. The van der Waals surface area contributed by atoms with Crippen LogP contribution >= 0.6 is 0 Å². The second-order valence-corrected chi connectivity index (χ2v) is 5.36. The van der Waals surface area contributed by atoms with Crippen molar-refractivity contribution in [2.45, 2.75) is 31.7 Å². The lowest BCUT2D eigenvalue weighted by Crippen LogP contribution is -2.41. The maximum atomic E-state index is 4.51. The Hall–Kier alpha value is -1.61. The lowest BCUT2D eigenvalue weighted by molar-refractivity contribution is 0.401. The maximum Gasteiger partial charge on any atom is 0.0640 e. The van der Waals surface area contributed by atoms with Crippen molar-refractivity contribution < 1.29 is 0 Å². The van der Waals surface area contributed by atoms with Gasteiger partial charge in [0.15, 0.2) is 0 Å². The number of benzene rings is 1. The molecule has 3 heteroatoms. The van der Waals surface area contributed by atoms with Gasteiger partial charge in [0.2, 0.25) is 0 Å². The Balaban J connectivity index is 1.76. The summed E-state index contributed by atoms with van der Waals surface area (Å²) < 4.78 is 1.88. The Kier molecular flexibility index (Phi) is 3.38. The quantitative estimate of drug-likeness (QED) is 0.888. The van der Waals surface area contributed by atoms with Crippen LogP contribution in [0.15, 0.2) is 36.5 Å². The smallest absolute Gasteiger partial charge is 0.0640 e. The van der Waals surface area contributed by atoms with Crippen LogP contribution in [-0.2, 0) is 19.9 Å². The minimum absolute atomic E-state index is 0.495. The number of hydrogen-bond donors (Lipinski definition) is 1. The van der Waals surface area contributed by atoms with E-state index < -0.39 is 0 Å². The van der Waals surface area contributed by atoms with Crippen LogP contribution in [0.2, 0.25) is 0 Å². The van der Waals surface area contributed by atoms with E-state index in [4.69, 9.17) is 0 Å². The number of rotatable bonds is 5. The first kappa shape index (κ1) is 12.4. The van der Waals surface area contributed by atoms with Gasteiger partial charge in [0.05, 0.1) is 5.69 Å². The lowest BCUT2D eigenvalue weighted by atomic mass is 9.72. The molecule has 1 heterocycles. The third-order valence-corrected chi connectivity index (χ3v) is 4.04. The molecule has 3 rings (SSSR count). The van der Waals surface area contributed by atoms with Gasteiger partial charge in [0.25, 0.3) is 0 Å². The number of fused-ring (bicyclic) bond motifs is 1. The van der Waals surface area contributed by atoms with Crippen molar-refractivity contribution in [1.29, 1.82) is 0 Å². The monoisotopic (exact) mass is 255 g/mol. The number of aryl methyl sites for hydroxylation is 1. The Bertz CT molecular complexity index is 559. The summed E-state index contributed by atoms with van der Waals surface area (Å²) in [6, 6.07) is 11.4. The van der Waals surface area contributed by atoms with E-state index in [1.807, 2.05) is 17.9 Å². The first-order valence-electron chi connectivity index (χ1n) is 7.07. The highest BCUT2D eigenvalue weighted by atomic mass is 15.2. The van der Waals surface area contributed by atoms with Gasteiger partial charge in [0, 0.05) is 31.6 Å². The fraction of sp³-hybridized carbons (Fsp3) is 0.438. The van der Waals surface area contributed by atoms with E-state index in [9.17, 15) is 0 Å². The van der Waals surface area contributed by atoms with E-state index in [0.717, 1.165) is 13.0 Å². The van der Waals surface area contributed by atoms with E-state index in [1.54, 1.807) is 0 Å². The van der Waals surface area contributed by atoms with Crippen LogP contribution in [0.3, 0.4) is 0 Å². The van der Waals surface area contributed by atoms with Crippen LogP contribution in [0.25, 0.3) is 0 Å². The summed E-state index contributed by atoms with van der Waals surface area (Å²) in [6.07, 6.45) is 4.22. The molecule has 100 valence electrons. The minimum atomic E-state index is 0.495. The standard InChI is InChI=1S/C16H21N3/c1-3-17-16(11-13-8-9-19(2)18-13)15-10-12-6-4-5-7-14(12)15/h4-9,15-17H,3,10-11H2,1-2H3. The van der Waals surface area contributed by atoms with Crippen molar-refractivity contribution in [1.82, 2.24) is 15.1 Å². The fourth-order valence-corrected chi connectivity index (χ4v) is 3.07. The predicted octanol–water partition coefficient (Wildman–Crippen LogP) is 2.28. The molecule has 1 aromatic heterocycles. The number of nitrogens with one attached hydrogen (secondary N) is 1. The Morgan fingerprint density at radius 1 is 1.37 bits per heavy atom. The summed E-state index contributed by atoms with van der Waals surface area (Å²) in [7, 11) is 1.98. The van der Waals surface area contributed by atoms with Gasteiger partial charge in [-0.25, -0.2) is 0 Å². The third kappa shape index (κ3) is 2.43. The summed E-state index contributed by atoms with van der Waals surface area (Å²) in [5.74, 6) is 0.637. The highest BCUT2D eigenvalue weighted by Crippen LogP contribution is 2.38. The zero-order valence-corrected chi connectivity index (χ0v) is 11.6. The number of nitrogens with zero attached hydrogens (tertiary/aromatic N) is 2. The molecule has 2 atom stereocenters. The summed E-state index contributed by atoms with van der Waals surface area (Å²) in [6.45, 7) is 3.19. The first-order chi connectivity index (χ1) is 9.28. The average molecular weight is 255 g/mol. The van der Waals surface area contributed by atoms with Gasteiger partial charge in [-0.3, -0.25) is 4.68 Å². The zero-order valence-electron chi connectivity index (χ0n) is 11.6. The van der Waals surface area contributed by atoms with Crippen molar-refractivity contribution in [3.05, 3.63) is 53.3 Å². The molecule has 0 fully saturated rings. The molecule has 1 N–H and O–H groups in total. The molecule has 1 aliphatic carbocycles. The largest absolute Gasteiger partial charge is 0.313 e. The molecule has 0 saturated heterocycles. The summed E-state index contributed by atoms with van der Waals surface area (Å²) >= 11 is 0. The van der Waals surface area contributed by atoms with Crippen LogP contribution < -0.4 is 5.32 Å². The number of likely N-dealkylation sites (N-methyl/N-ethyl adjacent to an activating group) is 1. The molecule has 1 aliphatic rings. The number of aromatic nitrogens is 2. The van der Waals surface area contributed by atoms with Gasteiger partial charge in [-0.05, 0) is 30.2 Å². The second kappa shape index (κ2) is 5.17. The van der Waals surface area contributed by atoms with Gasteiger partial charge >= 0.3 is 0 Å². The SMILES string of the molecule is CCNC(Cc1ccn(C)n1)C1Cc2ccccc21. The Labute approximate surface area is 114 Å². The molecule has 0 saturated carbocycles. The molecule has 1 aromatic carbocycles. The molecule has 0 spiro atoms. The molecule has 0 bridgehead atoms. The van der Waals surface area contributed by atoms with Gasteiger partial charge in [-0.1, -0.05) is 31.2 Å². The van der Waals surface area contributed by atoms with E-state index in [0.29, 0.717) is 12.0 Å². The molecule has 0 radical (unpaired) electrons. The molecular formula is C16H21N3. The van der Waals surface area contributed by atoms with E-state index in [2.05, 4.69) is 47.7 Å². The van der Waals surface area contributed by atoms with Crippen molar-refractivity contribution >= 4 is 0 Å². The van der Waals surface area contributed by atoms with Crippen LogP contribution in [0, 0.1) is 0 Å². The van der Waals surface area contributed by atoms with E-state index in [-0.39, 0.29) is 0 Å². The molecular weight excluding hydrogens is 234 g/mol. The van der Waals surface area contributed by atoms with Gasteiger partial charge in [0.1, 0.15) is 0 Å². The molecule has 3 nitrogen and oxygen atoms in total. The Morgan fingerprint density at radius 3 is 2.89 bits per heavy atom. The first-order valence-corrected chi connectivity index (χ1v) is 7.07. The van der Waals surface area contributed by atoms with Crippen LogP contribution in [0.5, 0.6) is 0 Å². The minimum Gasteiger partial charge on any atom is -0.313 e. The van der Waals surface area contributed by atoms with Crippen molar-refractivity contribution in [3.63, 3.8) is 0 Å². The third-order valence-electron chi connectivity index (χ3n) is 4.04. The summed E-state index contributed by atoms with van der Waals surface area (Å²) in [5.41, 5.74) is 4.21. The summed E-state index contributed by atoms with van der Waals surface area (Å²) in [4.78, 5) is 0. The van der Waals surface area contributed by atoms with Crippen LogP contribution in [0.1, 0.15) is 29.7 Å². The molecule has 2 aromatic rings. The molecule has 0 amide bonds. The highest BCUT2D eigenvalue weighted by Gasteiger charge is 2.32. The fourth-order valence-electron chi connectivity index (χ4n) is 3.07. The van der Waals surface area contributed by atoms with Crippen molar-refractivity contribution in [2.24, 2.45) is 7.05 Å². The summed E-state index contributed by atoms with van der Waals surface area (Å²) in [5, 5.41) is 8.14. The van der Waals surface area contributed by atoms with E-state index >= 15 is 0 Å². The Morgan fingerprint density at radius 2 is 2.21 bits per heavy atom. The number of hydrogen-bond acceptors (Lipinski definition) is 2. The van der Waals surface area contributed by atoms with Crippen LogP contribution in [0.4, 0.5) is 0 Å². The van der Waals surface area contributed by atoms with Crippen LogP contribution in [-0.4, -0.2) is 22.4 Å². The molecule has 0 aliphatic heterocycles. The maximum absolute atomic E-state index is 4.51. The second-order valence-electron chi connectivity index (χ2n) is 5.36. The van der Waals surface area contributed by atoms with Gasteiger partial charge < -0.3 is 5.32 Å². The normalized spacial score (nSPS) is 18.7. The highest BCUT2D eigenvalue weighted by molar-refractivity contribution is 5.41. The zero-order chi connectivity index (χ0) is 13.2. The van der Waals surface area contributed by atoms with Crippen molar-refractivity contribution in [3.8, 4) is 0 Å². The topological polar surface area (TPSA) is 29.9 Å². The predicted molar refractivity (Wildman–Crippen MR) is 77.3 cm³/mol. The van der Waals surface area contributed by atoms with Gasteiger partial charge in [-0.2, -0.15) is 5.10 Å². The molecule has 19 heavy (non-hydrogen) atoms. The molecule has 2 unspecified atom stereocenters. The van der Waals surface area contributed by atoms with Crippen molar-refractivity contribution in [2.75, 3.05) is 6.54 Å².